The van der Waals surface area contributed by atoms with Crippen molar-refractivity contribution in [1.82, 2.24) is 0 Å². The minimum absolute atomic E-state index is 0.247. The van der Waals surface area contributed by atoms with Crippen molar-refractivity contribution in [1.29, 1.82) is 0 Å². The average molecular weight is 383 g/mol. The molecule has 0 unspecified atom stereocenters. The van der Waals surface area contributed by atoms with E-state index in [9.17, 15) is 34.4 Å². The van der Waals surface area contributed by atoms with Crippen molar-refractivity contribution in [2.45, 2.75) is 14.7 Å². The summed E-state index contributed by atoms with van der Waals surface area (Å²) in [4.78, 5) is -2.99. The van der Waals surface area contributed by atoms with Gasteiger partial charge in [-0.05, 0) is 24.3 Å². The Bertz CT molecular complexity index is 1130. The topological polar surface area (TPSA) is 189 Å². The van der Waals surface area contributed by atoms with E-state index in [0.717, 1.165) is 12.1 Å². The molecule has 0 aliphatic carbocycles. The van der Waals surface area contributed by atoms with E-state index in [1.807, 2.05) is 0 Å². The summed E-state index contributed by atoms with van der Waals surface area (Å²) in [6.07, 6.45) is 0. The predicted molar refractivity (Wildman–Crippen MR) is 77.8 cm³/mol. The Labute approximate surface area is 130 Å². The first-order valence-corrected chi connectivity index (χ1v) is 9.83. The number of benzene rings is 2. The molecule has 0 atom stereocenters. The minimum atomic E-state index is -5.12. The average Bonchev–Trinajstić information content (AvgIpc) is 2.34. The molecule has 2 rings (SSSR count). The number of nitrogen functional groups attached to an aromatic ring is 1. The molecule has 0 heterocycles. The Morgan fingerprint density at radius 2 is 1.26 bits per heavy atom. The summed E-state index contributed by atoms with van der Waals surface area (Å²) in [5.41, 5.74) is 5.32. The number of anilines is 1. The predicted octanol–water partition coefficient (Wildman–Crippen LogP) is 0.162. The summed E-state index contributed by atoms with van der Waals surface area (Å²) >= 11 is 0. The molecule has 126 valence electrons. The molecule has 0 aliphatic rings. The van der Waals surface area contributed by atoms with Crippen LogP contribution in [0.2, 0.25) is 0 Å². The lowest BCUT2D eigenvalue weighted by Gasteiger charge is -2.12. The van der Waals surface area contributed by atoms with Gasteiger partial charge in [0, 0.05) is 16.5 Å². The summed E-state index contributed by atoms with van der Waals surface area (Å²) in [6.45, 7) is 0. The van der Waals surface area contributed by atoms with Crippen LogP contribution in [-0.4, -0.2) is 38.9 Å². The Morgan fingerprint density at radius 1 is 0.739 bits per heavy atom. The van der Waals surface area contributed by atoms with Crippen molar-refractivity contribution in [3.63, 3.8) is 0 Å². The van der Waals surface area contributed by atoms with Gasteiger partial charge < -0.3 is 5.73 Å². The highest BCUT2D eigenvalue weighted by Crippen LogP contribution is 2.35. The van der Waals surface area contributed by atoms with Gasteiger partial charge in [-0.3, -0.25) is 13.7 Å². The molecule has 0 aliphatic heterocycles. The lowest BCUT2D eigenvalue weighted by Crippen LogP contribution is -2.08. The zero-order chi connectivity index (χ0) is 17.8. The van der Waals surface area contributed by atoms with Crippen LogP contribution in [0.5, 0.6) is 0 Å². The molecule has 0 aromatic heterocycles. The molecule has 0 saturated carbocycles. The van der Waals surface area contributed by atoms with Gasteiger partial charge in [-0.25, -0.2) is 0 Å². The quantitative estimate of drug-likeness (QED) is 0.419. The Kier molecular flexibility index (Phi) is 3.91. The van der Waals surface area contributed by atoms with Crippen molar-refractivity contribution in [2.75, 3.05) is 5.73 Å². The van der Waals surface area contributed by atoms with Crippen LogP contribution in [0, 0.1) is 0 Å². The lowest BCUT2D eigenvalue weighted by molar-refractivity contribution is 0.481. The van der Waals surface area contributed by atoms with Crippen LogP contribution in [0.4, 0.5) is 5.69 Å². The number of fused-ring (bicyclic) bond motifs is 1. The SMILES string of the molecule is Nc1ccc(S(=O)(=O)O)c2c(S(=O)(=O)O)cc(S(=O)(=O)O)cc12. The second-order valence-corrected chi connectivity index (χ2v) is 8.62. The third-order valence-electron chi connectivity index (χ3n) is 2.90. The van der Waals surface area contributed by atoms with Gasteiger partial charge in [0.25, 0.3) is 30.4 Å². The maximum Gasteiger partial charge on any atom is 0.295 e. The Morgan fingerprint density at radius 3 is 1.70 bits per heavy atom. The third-order valence-corrected chi connectivity index (χ3v) is 5.51. The van der Waals surface area contributed by atoms with Crippen molar-refractivity contribution >= 4 is 46.8 Å². The van der Waals surface area contributed by atoms with Crippen molar-refractivity contribution < 1.29 is 38.9 Å². The van der Waals surface area contributed by atoms with E-state index >= 15 is 0 Å². The van der Waals surface area contributed by atoms with Crippen LogP contribution in [-0.2, 0) is 30.4 Å². The maximum atomic E-state index is 11.5. The first kappa shape index (κ1) is 17.6. The van der Waals surface area contributed by atoms with Crippen LogP contribution < -0.4 is 5.73 Å². The first-order chi connectivity index (χ1) is 10.2. The van der Waals surface area contributed by atoms with Crippen LogP contribution in [0.1, 0.15) is 0 Å². The largest absolute Gasteiger partial charge is 0.398 e. The van der Waals surface area contributed by atoms with Crippen LogP contribution in [0.15, 0.2) is 39.0 Å². The molecule has 0 saturated heterocycles. The lowest BCUT2D eigenvalue weighted by atomic mass is 10.1. The number of nitrogens with two attached hydrogens (primary N) is 1. The summed E-state index contributed by atoms with van der Waals surface area (Å²) in [5, 5.41) is -1.12. The fourth-order valence-electron chi connectivity index (χ4n) is 1.98. The smallest absolute Gasteiger partial charge is 0.295 e. The normalized spacial score (nSPS) is 13.3. The van der Waals surface area contributed by atoms with Crippen molar-refractivity contribution in [3.8, 4) is 0 Å². The molecule has 0 fully saturated rings. The van der Waals surface area contributed by atoms with Crippen LogP contribution in [0.3, 0.4) is 0 Å². The summed E-state index contributed by atoms with van der Waals surface area (Å²) in [7, 11) is -14.9. The van der Waals surface area contributed by atoms with E-state index in [2.05, 4.69) is 0 Å². The van der Waals surface area contributed by atoms with E-state index in [-0.39, 0.29) is 5.69 Å². The minimum Gasteiger partial charge on any atom is -0.398 e. The van der Waals surface area contributed by atoms with Gasteiger partial charge >= 0.3 is 0 Å². The fraction of sp³-hybridized carbons (Fsp3) is 0. The first-order valence-electron chi connectivity index (χ1n) is 5.51. The number of hydrogen-bond acceptors (Lipinski definition) is 7. The van der Waals surface area contributed by atoms with Crippen LogP contribution >= 0.6 is 0 Å². The molecule has 23 heavy (non-hydrogen) atoms. The zero-order valence-electron chi connectivity index (χ0n) is 10.9. The highest BCUT2D eigenvalue weighted by molar-refractivity contribution is 7.87. The van der Waals surface area contributed by atoms with Crippen molar-refractivity contribution in [3.05, 3.63) is 24.3 Å². The van der Waals surface area contributed by atoms with Gasteiger partial charge in [0.2, 0.25) is 0 Å². The van der Waals surface area contributed by atoms with Gasteiger partial charge in [0.05, 0.1) is 4.90 Å². The molecule has 0 bridgehead atoms. The van der Waals surface area contributed by atoms with E-state index in [1.54, 1.807) is 0 Å². The maximum absolute atomic E-state index is 11.5. The van der Waals surface area contributed by atoms with E-state index in [1.165, 1.54) is 0 Å². The van der Waals surface area contributed by atoms with Gasteiger partial charge in [0.1, 0.15) is 9.79 Å². The second kappa shape index (κ2) is 5.12. The third kappa shape index (κ3) is 3.29. The molecule has 2 aromatic rings. The summed E-state index contributed by atoms with van der Waals surface area (Å²) < 4.78 is 95.6. The van der Waals surface area contributed by atoms with Gasteiger partial charge in [0.15, 0.2) is 0 Å². The Balaban J connectivity index is 3.25. The molecule has 13 heteroatoms. The van der Waals surface area contributed by atoms with Gasteiger partial charge in [-0.2, -0.15) is 25.3 Å². The standard InChI is InChI=1S/C10H9NO9S3/c11-7-1-2-8(22(15,16)17)10-6(7)3-5(21(12,13)14)4-9(10)23(18,19)20/h1-4H,11H2,(H,12,13,14)(H,15,16,17)(H,18,19,20). The molecule has 0 spiro atoms. The molecule has 0 amide bonds. The monoisotopic (exact) mass is 383 g/mol. The highest BCUT2D eigenvalue weighted by atomic mass is 32.2. The molecule has 5 N–H and O–H groups in total. The van der Waals surface area contributed by atoms with E-state index in [4.69, 9.17) is 10.3 Å². The molecule has 0 radical (unpaired) electrons. The van der Waals surface area contributed by atoms with Crippen molar-refractivity contribution in [2.24, 2.45) is 0 Å². The molecule has 2 aromatic carbocycles. The van der Waals surface area contributed by atoms with E-state index < -0.39 is 55.8 Å². The number of rotatable bonds is 3. The van der Waals surface area contributed by atoms with E-state index in [0.29, 0.717) is 12.1 Å². The highest BCUT2D eigenvalue weighted by Gasteiger charge is 2.26. The Hall–Kier alpha value is -1.77. The van der Waals surface area contributed by atoms with Gasteiger partial charge in [-0.15, -0.1) is 0 Å². The fourth-order valence-corrected chi connectivity index (χ4v) is 4.12. The molecular formula is C10H9NO9S3. The summed E-state index contributed by atoms with van der Waals surface area (Å²) in [6, 6.07) is 2.83. The summed E-state index contributed by atoms with van der Waals surface area (Å²) in [5.74, 6) is 0. The van der Waals surface area contributed by atoms with Crippen LogP contribution in [0.25, 0.3) is 10.8 Å². The zero-order valence-corrected chi connectivity index (χ0v) is 13.4. The van der Waals surface area contributed by atoms with Gasteiger partial charge in [-0.1, -0.05) is 0 Å². The number of hydrogen-bond donors (Lipinski definition) is 4. The second-order valence-electron chi connectivity index (χ2n) is 4.42. The molecule has 10 nitrogen and oxygen atoms in total. The molecular weight excluding hydrogens is 374 g/mol.